The zero-order chi connectivity index (χ0) is 19.3. The second kappa shape index (κ2) is 8.10. The summed E-state index contributed by atoms with van der Waals surface area (Å²) in [7, 11) is 0. The molecule has 2 N–H and O–H groups in total. The highest BCUT2D eigenvalue weighted by Gasteiger charge is 2.13. The summed E-state index contributed by atoms with van der Waals surface area (Å²) in [6, 6.07) is 19.1. The Bertz CT molecular complexity index is 1070. The number of oxazole rings is 1. The van der Waals surface area contributed by atoms with Gasteiger partial charge < -0.3 is 14.8 Å². The number of nitrogens with one attached hydrogen (secondary N) is 1. The fourth-order valence-electron chi connectivity index (χ4n) is 2.89. The third-order valence-corrected chi connectivity index (χ3v) is 5.07. The largest absolute Gasteiger partial charge is 0.506 e. The molecule has 2 aromatic heterocycles. The predicted molar refractivity (Wildman–Crippen MR) is 110 cm³/mol. The summed E-state index contributed by atoms with van der Waals surface area (Å²) in [5.41, 5.74) is 3.09. The zero-order valence-electron chi connectivity index (χ0n) is 15.0. The molecule has 0 radical (unpaired) electrons. The number of nitrogens with zero attached hydrogens (tertiary/aromatic N) is 1. The predicted octanol–water partition coefficient (Wildman–Crippen LogP) is 4.88. The molecule has 4 aromatic rings. The van der Waals surface area contributed by atoms with E-state index in [0.717, 1.165) is 22.4 Å². The van der Waals surface area contributed by atoms with E-state index in [2.05, 4.69) is 10.3 Å². The summed E-state index contributed by atoms with van der Waals surface area (Å²) in [6.45, 7) is 0. The van der Waals surface area contributed by atoms with Gasteiger partial charge in [-0.1, -0.05) is 42.5 Å². The monoisotopic (exact) mass is 390 g/mol. The van der Waals surface area contributed by atoms with Gasteiger partial charge in [0.25, 0.3) is 0 Å². The van der Waals surface area contributed by atoms with Gasteiger partial charge in [0.1, 0.15) is 12.0 Å². The van der Waals surface area contributed by atoms with Gasteiger partial charge in [-0.3, -0.25) is 4.79 Å². The van der Waals surface area contributed by atoms with Crippen LogP contribution in [0, 0.1) is 0 Å². The Kier molecular flexibility index (Phi) is 5.21. The molecule has 1 amide bonds. The molecule has 0 aliphatic carbocycles. The average Bonchev–Trinajstić information content (AvgIpc) is 3.37. The number of carbonyl (C=O) groups is 1. The highest BCUT2D eigenvalue weighted by atomic mass is 32.1. The van der Waals surface area contributed by atoms with E-state index in [9.17, 15) is 9.90 Å². The number of hydrogen-bond donors (Lipinski definition) is 2. The van der Waals surface area contributed by atoms with Gasteiger partial charge in [0.15, 0.2) is 0 Å². The van der Waals surface area contributed by atoms with E-state index < -0.39 is 0 Å². The molecular formula is C22H18N2O3S. The molecule has 2 aromatic carbocycles. The second-order valence-electron chi connectivity index (χ2n) is 6.36. The molecule has 0 atom stereocenters. The van der Waals surface area contributed by atoms with Crippen molar-refractivity contribution in [3.63, 3.8) is 0 Å². The molecule has 0 aliphatic heterocycles. The average molecular weight is 390 g/mol. The lowest BCUT2D eigenvalue weighted by molar-refractivity contribution is -0.115. The first-order valence-electron chi connectivity index (χ1n) is 8.81. The molecule has 0 bridgehead atoms. The molecule has 0 saturated carbocycles. The number of hydrogen-bond acceptors (Lipinski definition) is 5. The van der Waals surface area contributed by atoms with Crippen LogP contribution in [0.4, 0.5) is 5.69 Å². The van der Waals surface area contributed by atoms with Gasteiger partial charge in [-0.2, -0.15) is 0 Å². The van der Waals surface area contributed by atoms with Crippen LogP contribution in [-0.4, -0.2) is 16.0 Å². The van der Waals surface area contributed by atoms with Crippen molar-refractivity contribution in [3.05, 3.63) is 89.1 Å². The molecule has 0 spiro atoms. The first-order chi connectivity index (χ1) is 13.7. The number of thiophene rings is 1. The topological polar surface area (TPSA) is 75.4 Å². The van der Waals surface area contributed by atoms with E-state index in [1.165, 1.54) is 17.6 Å². The molecule has 5 nitrogen and oxygen atoms in total. The second-order valence-corrected chi connectivity index (χ2v) is 7.31. The van der Waals surface area contributed by atoms with E-state index in [1.807, 2.05) is 53.9 Å². The Morgan fingerprint density at radius 2 is 1.93 bits per heavy atom. The van der Waals surface area contributed by atoms with Crippen molar-refractivity contribution < 1.29 is 14.3 Å². The first kappa shape index (κ1) is 18.0. The summed E-state index contributed by atoms with van der Waals surface area (Å²) in [6.07, 6.45) is 2.27. The van der Waals surface area contributed by atoms with E-state index in [4.69, 9.17) is 4.42 Å². The summed E-state index contributed by atoms with van der Waals surface area (Å²) in [5, 5.41) is 14.8. The molecule has 0 fully saturated rings. The van der Waals surface area contributed by atoms with Crippen LogP contribution in [0.15, 0.2) is 76.7 Å². The molecule has 0 aliphatic rings. The molecule has 140 valence electrons. The van der Waals surface area contributed by atoms with E-state index in [0.29, 0.717) is 17.3 Å². The highest BCUT2D eigenvalue weighted by Crippen LogP contribution is 2.26. The maximum absolute atomic E-state index is 12.4. The fraction of sp³-hybridized carbons (Fsp3) is 0.0909. The summed E-state index contributed by atoms with van der Waals surface area (Å²) in [4.78, 5) is 17.7. The van der Waals surface area contributed by atoms with Crippen molar-refractivity contribution in [2.45, 2.75) is 12.8 Å². The quantitative estimate of drug-likeness (QED) is 0.460. The number of anilines is 1. The number of benzene rings is 2. The number of phenolic OH excluding ortho intramolecular Hbond substituents is 1. The lowest BCUT2D eigenvalue weighted by Crippen LogP contribution is -2.15. The standard InChI is InChI=1S/C22H18N2O3S/c25-19-9-8-16(11-15-5-2-1-3-6-15)12-18(19)24-21(26)13-17-14-27-22(23-17)20-7-4-10-28-20/h1-10,12,14,25H,11,13H2,(H,24,26). The smallest absolute Gasteiger partial charge is 0.236 e. The van der Waals surface area contributed by atoms with Crippen molar-refractivity contribution in [1.29, 1.82) is 0 Å². The van der Waals surface area contributed by atoms with Crippen LogP contribution >= 0.6 is 11.3 Å². The van der Waals surface area contributed by atoms with Crippen LogP contribution in [0.1, 0.15) is 16.8 Å². The number of amides is 1. The van der Waals surface area contributed by atoms with Crippen LogP contribution in [0.25, 0.3) is 10.8 Å². The van der Waals surface area contributed by atoms with Crippen molar-refractivity contribution in [3.8, 4) is 16.5 Å². The van der Waals surface area contributed by atoms with Crippen LogP contribution in [0.3, 0.4) is 0 Å². The molecule has 4 rings (SSSR count). The molecule has 0 saturated heterocycles. The first-order valence-corrected chi connectivity index (χ1v) is 9.69. The highest BCUT2D eigenvalue weighted by molar-refractivity contribution is 7.13. The Morgan fingerprint density at radius 3 is 2.71 bits per heavy atom. The number of aromatic hydroxyl groups is 1. The van der Waals surface area contributed by atoms with E-state index in [1.54, 1.807) is 12.1 Å². The SMILES string of the molecule is O=C(Cc1coc(-c2cccs2)n1)Nc1cc(Cc2ccccc2)ccc1O. The van der Waals surface area contributed by atoms with Crippen LogP contribution < -0.4 is 5.32 Å². The van der Waals surface area contributed by atoms with Crippen molar-refractivity contribution in [1.82, 2.24) is 4.98 Å². The molecular weight excluding hydrogens is 372 g/mol. The lowest BCUT2D eigenvalue weighted by Gasteiger charge is -2.09. The minimum absolute atomic E-state index is 0.0320. The molecule has 6 heteroatoms. The van der Waals surface area contributed by atoms with E-state index >= 15 is 0 Å². The van der Waals surface area contributed by atoms with Gasteiger partial charge in [-0.05, 0) is 41.1 Å². The number of rotatable bonds is 6. The number of aromatic nitrogens is 1. The number of carbonyl (C=O) groups excluding carboxylic acids is 1. The van der Waals surface area contributed by atoms with Crippen molar-refractivity contribution in [2.75, 3.05) is 5.32 Å². The van der Waals surface area contributed by atoms with Crippen LogP contribution in [-0.2, 0) is 17.6 Å². The summed E-state index contributed by atoms with van der Waals surface area (Å²) in [5.74, 6) is 0.272. The van der Waals surface area contributed by atoms with E-state index in [-0.39, 0.29) is 18.1 Å². The maximum Gasteiger partial charge on any atom is 0.236 e. The Balaban J connectivity index is 1.43. The lowest BCUT2D eigenvalue weighted by atomic mass is 10.0. The van der Waals surface area contributed by atoms with Crippen LogP contribution in [0.5, 0.6) is 5.75 Å². The Morgan fingerprint density at radius 1 is 1.07 bits per heavy atom. The Labute approximate surface area is 166 Å². The van der Waals surface area contributed by atoms with Gasteiger partial charge >= 0.3 is 0 Å². The molecule has 2 heterocycles. The molecule has 28 heavy (non-hydrogen) atoms. The summed E-state index contributed by atoms with van der Waals surface area (Å²) >= 11 is 1.53. The fourth-order valence-corrected chi connectivity index (χ4v) is 3.54. The Hall–Kier alpha value is -3.38. The van der Waals surface area contributed by atoms with Gasteiger partial charge in [0.05, 0.1) is 22.7 Å². The van der Waals surface area contributed by atoms with Gasteiger partial charge in [0.2, 0.25) is 11.8 Å². The third-order valence-electron chi connectivity index (χ3n) is 4.21. The molecule has 0 unspecified atom stereocenters. The zero-order valence-corrected chi connectivity index (χ0v) is 15.8. The third kappa shape index (κ3) is 4.29. The van der Waals surface area contributed by atoms with Crippen molar-refractivity contribution >= 4 is 22.9 Å². The van der Waals surface area contributed by atoms with Gasteiger partial charge in [0, 0.05) is 0 Å². The maximum atomic E-state index is 12.4. The van der Waals surface area contributed by atoms with Gasteiger partial charge in [-0.15, -0.1) is 11.3 Å². The summed E-state index contributed by atoms with van der Waals surface area (Å²) < 4.78 is 5.44. The minimum Gasteiger partial charge on any atom is -0.506 e. The van der Waals surface area contributed by atoms with Crippen LogP contribution in [0.2, 0.25) is 0 Å². The normalized spacial score (nSPS) is 10.7. The number of phenols is 1. The van der Waals surface area contributed by atoms with Gasteiger partial charge in [-0.25, -0.2) is 4.98 Å². The van der Waals surface area contributed by atoms with Crippen molar-refractivity contribution in [2.24, 2.45) is 0 Å². The minimum atomic E-state index is -0.266.